The van der Waals surface area contributed by atoms with Crippen molar-refractivity contribution in [1.29, 1.82) is 0 Å². The summed E-state index contributed by atoms with van der Waals surface area (Å²) < 4.78 is 41.7. The number of alkyl halides is 3. The minimum Gasteiger partial charge on any atom is -0.492 e. The van der Waals surface area contributed by atoms with Crippen LogP contribution < -0.4 is 15.4 Å². The van der Waals surface area contributed by atoms with Gasteiger partial charge < -0.3 is 10.1 Å². The second-order valence-electron chi connectivity index (χ2n) is 4.11. The number of carbonyl (C=O) groups excluding carboxylic acids is 1. The third-order valence-corrected chi connectivity index (χ3v) is 2.66. The number of hydrogen-bond donors (Lipinski definition) is 2. The first-order valence-corrected chi connectivity index (χ1v) is 5.77. The van der Waals surface area contributed by atoms with Gasteiger partial charge in [-0.1, -0.05) is 18.2 Å². The molecule has 7 heteroatoms. The van der Waals surface area contributed by atoms with Crippen LogP contribution in [0.15, 0.2) is 24.3 Å². The number of hydrogen-bond acceptors (Lipinski definition) is 3. The molecule has 0 saturated carbocycles. The first-order chi connectivity index (χ1) is 8.97. The third kappa shape index (κ3) is 3.60. The molecule has 1 amide bonds. The standard InChI is InChI=1S/C12H13F3N2O2/c13-12(14,15)7-17-11(18)10-8-3-1-2-4-9(8)19-6-5-16-10/h1-4,10,16H,5-7H2,(H,17,18). The van der Waals surface area contributed by atoms with Gasteiger partial charge in [0.15, 0.2) is 0 Å². The van der Waals surface area contributed by atoms with Crippen LogP contribution in [0.5, 0.6) is 5.75 Å². The van der Waals surface area contributed by atoms with Crippen LogP contribution in [-0.4, -0.2) is 31.8 Å². The number of nitrogens with one attached hydrogen (secondary N) is 2. The fraction of sp³-hybridized carbons (Fsp3) is 0.417. The van der Waals surface area contributed by atoms with Crippen molar-refractivity contribution in [1.82, 2.24) is 10.6 Å². The van der Waals surface area contributed by atoms with Crippen molar-refractivity contribution in [2.45, 2.75) is 12.2 Å². The van der Waals surface area contributed by atoms with Crippen molar-refractivity contribution < 1.29 is 22.7 Å². The molecule has 0 aromatic heterocycles. The highest BCUT2D eigenvalue weighted by Gasteiger charge is 2.31. The fourth-order valence-electron chi connectivity index (χ4n) is 1.85. The molecule has 0 saturated heterocycles. The van der Waals surface area contributed by atoms with Gasteiger partial charge in [-0.05, 0) is 6.07 Å². The van der Waals surface area contributed by atoms with Crippen molar-refractivity contribution in [2.75, 3.05) is 19.7 Å². The van der Waals surface area contributed by atoms with Crippen LogP contribution in [0.4, 0.5) is 13.2 Å². The number of carbonyl (C=O) groups is 1. The predicted molar refractivity (Wildman–Crippen MR) is 61.7 cm³/mol. The number of halogens is 3. The van der Waals surface area contributed by atoms with E-state index in [4.69, 9.17) is 4.74 Å². The quantitative estimate of drug-likeness (QED) is 0.857. The number of ether oxygens (including phenoxy) is 1. The predicted octanol–water partition coefficient (Wildman–Crippen LogP) is 1.39. The van der Waals surface area contributed by atoms with E-state index in [1.165, 1.54) is 0 Å². The average Bonchev–Trinajstić information content (AvgIpc) is 2.57. The Morgan fingerprint density at radius 3 is 2.89 bits per heavy atom. The lowest BCUT2D eigenvalue weighted by atomic mass is 10.1. The van der Waals surface area contributed by atoms with E-state index in [0.717, 1.165) is 0 Å². The highest BCUT2D eigenvalue weighted by Crippen LogP contribution is 2.27. The molecule has 1 aromatic carbocycles. The Hall–Kier alpha value is -1.76. The van der Waals surface area contributed by atoms with Gasteiger partial charge in [0, 0.05) is 12.1 Å². The first kappa shape index (κ1) is 13.7. The SMILES string of the molecule is O=C(NCC(F)(F)F)C1NCCOc2ccccc21. The number of benzene rings is 1. The Balaban J connectivity index is 2.13. The van der Waals surface area contributed by atoms with Crippen molar-refractivity contribution in [3.05, 3.63) is 29.8 Å². The molecule has 1 heterocycles. The Bertz CT molecular complexity index is 463. The number of rotatable bonds is 2. The fourth-order valence-corrected chi connectivity index (χ4v) is 1.85. The molecule has 2 rings (SSSR count). The van der Waals surface area contributed by atoms with Crippen LogP contribution in [0.1, 0.15) is 11.6 Å². The molecule has 0 fully saturated rings. The van der Waals surface area contributed by atoms with E-state index in [1.807, 2.05) is 5.32 Å². The Labute approximate surface area is 107 Å². The minimum absolute atomic E-state index is 0.361. The van der Waals surface area contributed by atoms with E-state index in [1.54, 1.807) is 24.3 Å². The molecule has 0 aliphatic carbocycles. The molecule has 1 aliphatic heterocycles. The normalized spacial score (nSPS) is 19.0. The van der Waals surface area contributed by atoms with E-state index in [-0.39, 0.29) is 0 Å². The molecular formula is C12H13F3N2O2. The van der Waals surface area contributed by atoms with Crippen LogP contribution >= 0.6 is 0 Å². The second kappa shape index (κ2) is 5.48. The summed E-state index contributed by atoms with van der Waals surface area (Å²) in [6.45, 7) is -0.591. The van der Waals surface area contributed by atoms with Gasteiger partial charge in [0.05, 0.1) is 0 Å². The van der Waals surface area contributed by atoms with Crippen LogP contribution in [0.25, 0.3) is 0 Å². The Morgan fingerprint density at radius 1 is 1.42 bits per heavy atom. The van der Waals surface area contributed by atoms with Crippen LogP contribution in [0.2, 0.25) is 0 Å². The molecule has 1 unspecified atom stereocenters. The molecule has 0 spiro atoms. The zero-order valence-corrected chi connectivity index (χ0v) is 9.96. The lowest BCUT2D eigenvalue weighted by Gasteiger charge is -2.17. The number of para-hydroxylation sites is 1. The van der Waals surface area contributed by atoms with Crippen LogP contribution in [0.3, 0.4) is 0 Å². The van der Waals surface area contributed by atoms with Gasteiger partial charge in [-0.2, -0.15) is 13.2 Å². The van der Waals surface area contributed by atoms with Gasteiger partial charge in [-0.3, -0.25) is 10.1 Å². The average molecular weight is 274 g/mol. The number of amides is 1. The van der Waals surface area contributed by atoms with E-state index < -0.39 is 24.7 Å². The zero-order valence-electron chi connectivity index (χ0n) is 9.96. The lowest BCUT2D eigenvalue weighted by Crippen LogP contribution is -2.41. The van der Waals surface area contributed by atoms with Gasteiger partial charge >= 0.3 is 6.18 Å². The third-order valence-electron chi connectivity index (χ3n) is 2.66. The summed E-state index contributed by atoms with van der Waals surface area (Å²) in [5, 5.41) is 4.75. The van der Waals surface area contributed by atoms with Crippen molar-refractivity contribution in [3.8, 4) is 5.75 Å². The van der Waals surface area contributed by atoms with E-state index in [2.05, 4.69) is 5.32 Å². The van der Waals surface area contributed by atoms with Gasteiger partial charge in [-0.25, -0.2) is 0 Å². The van der Waals surface area contributed by atoms with Gasteiger partial charge in [0.1, 0.15) is 24.9 Å². The molecule has 2 N–H and O–H groups in total. The summed E-state index contributed by atoms with van der Waals surface area (Å²) in [6.07, 6.45) is -4.42. The highest BCUT2D eigenvalue weighted by molar-refractivity contribution is 5.84. The number of fused-ring (bicyclic) bond motifs is 1. The Morgan fingerprint density at radius 2 is 2.16 bits per heavy atom. The topological polar surface area (TPSA) is 50.4 Å². The highest BCUT2D eigenvalue weighted by atomic mass is 19.4. The van der Waals surface area contributed by atoms with Crippen molar-refractivity contribution in [3.63, 3.8) is 0 Å². The van der Waals surface area contributed by atoms with Gasteiger partial charge in [0.2, 0.25) is 5.91 Å². The summed E-state index contributed by atoms with van der Waals surface area (Å²) in [5.74, 6) is -0.199. The maximum Gasteiger partial charge on any atom is 0.405 e. The van der Waals surface area contributed by atoms with E-state index in [0.29, 0.717) is 24.5 Å². The largest absolute Gasteiger partial charge is 0.492 e. The second-order valence-corrected chi connectivity index (χ2v) is 4.11. The first-order valence-electron chi connectivity index (χ1n) is 5.77. The van der Waals surface area contributed by atoms with Crippen LogP contribution in [0, 0.1) is 0 Å². The molecule has 1 aliphatic rings. The zero-order chi connectivity index (χ0) is 13.9. The maximum atomic E-state index is 12.1. The van der Waals surface area contributed by atoms with E-state index >= 15 is 0 Å². The molecule has 104 valence electrons. The molecule has 1 atom stereocenters. The molecular weight excluding hydrogens is 261 g/mol. The molecule has 19 heavy (non-hydrogen) atoms. The summed E-state index contributed by atoms with van der Waals surface area (Å²) in [7, 11) is 0. The summed E-state index contributed by atoms with van der Waals surface area (Å²) in [6, 6.07) is 5.97. The molecule has 0 bridgehead atoms. The van der Waals surface area contributed by atoms with Crippen molar-refractivity contribution >= 4 is 5.91 Å². The molecule has 1 aromatic rings. The van der Waals surface area contributed by atoms with Crippen LogP contribution in [-0.2, 0) is 4.79 Å². The summed E-state index contributed by atoms with van der Waals surface area (Å²) >= 11 is 0. The van der Waals surface area contributed by atoms with Gasteiger partial charge in [0.25, 0.3) is 0 Å². The Kier molecular flexibility index (Phi) is 3.94. The minimum atomic E-state index is -4.42. The monoisotopic (exact) mass is 274 g/mol. The lowest BCUT2D eigenvalue weighted by molar-refractivity contribution is -0.139. The maximum absolute atomic E-state index is 12.1. The van der Waals surface area contributed by atoms with E-state index in [9.17, 15) is 18.0 Å². The summed E-state index contributed by atoms with van der Waals surface area (Å²) in [5.41, 5.74) is 0.541. The smallest absolute Gasteiger partial charge is 0.405 e. The van der Waals surface area contributed by atoms with Gasteiger partial charge in [-0.15, -0.1) is 0 Å². The van der Waals surface area contributed by atoms with Crippen molar-refractivity contribution in [2.24, 2.45) is 0 Å². The summed E-state index contributed by atoms with van der Waals surface area (Å²) in [4.78, 5) is 11.8. The molecule has 0 radical (unpaired) electrons. The molecule has 4 nitrogen and oxygen atoms in total.